The maximum absolute atomic E-state index is 14.2. The van der Waals surface area contributed by atoms with Gasteiger partial charge in [0.1, 0.15) is 11.6 Å². The second-order valence-corrected chi connectivity index (χ2v) is 8.78. The molecule has 4 nitrogen and oxygen atoms in total. The van der Waals surface area contributed by atoms with E-state index in [9.17, 15) is 9.18 Å². The average Bonchev–Trinajstić information content (AvgIpc) is 2.79. The van der Waals surface area contributed by atoms with Crippen LogP contribution < -0.4 is 10.3 Å². The Kier molecular flexibility index (Phi) is 7.38. The van der Waals surface area contributed by atoms with Gasteiger partial charge in [0.15, 0.2) is 0 Å². The van der Waals surface area contributed by atoms with E-state index in [0.717, 1.165) is 54.8 Å². The van der Waals surface area contributed by atoms with Crippen LogP contribution in [0.15, 0.2) is 71.7 Å². The molecule has 0 saturated carbocycles. The van der Waals surface area contributed by atoms with Crippen LogP contribution in [0, 0.1) is 18.7 Å². The summed E-state index contributed by atoms with van der Waals surface area (Å²) < 4.78 is 20.3. The van der Waals surface area contributed by atoms with Gasteiger partial charge in [0.25, 0.3) is 0 Å². The fourth-order valence-electron chi connectivity index (χ4n) is 4.61. The lowest BCUT2D eigenvalue weighted by atomic mass is 9.88. The molecule has 2 unspecified atom stereocenters. The van der Waals surface area contributed by atoms with E-state index in [1.54, 1.807) is 18.3 Å². The van der Waals surface area contributed by atoms with Gasteiger partial charge in [-0.3, -0.25) is 9.69 Å². The number of piperidine rings is 1. The summed E-state index contributed by atoms with van der Waals surface area (Å²) in [5, 5.41) is 0. The lowest BCUT2D eigenvalue weighted by Crippen LogP contribution is -2.43. The number of aryl methyl sites for hydroxylation is 2. The summed E-state index contributed by atoms with van der Waals surface area (Å²) in [6.45, 7) is 4.43. The largest absolute Gasteiger partial charge is 0.493 e. The van der Waals surface area contributed by atoms with E-state index in [4.69, 9.17) is 4.74 Å². The van der Waals surface area contributed by atoms with Crippen molar-refractivity contribution < 1.29 is 9.13 Å². The van der Waals surface area contributed by atoms with Crippen LogP contribution in [0.1, 0.15) is 36.0 Å². The van der Waals surface area contributed by atoms with Crippen molar-refractivity contribution in [1.29, 1.82) is 0 Å². The summed E-state index contributed by atoms with van der Waals surface area (Å²) in [6.07, 6.45) is 5.34. The van der Waals surface area contributed by atoms with Crippen LogP contribution in [0.5, 0.6) is 5.75 Å². The monoisotopic (exact) mass is 434 g/mol. The Morgan fingerprint density at radius 3 is 2.75 bits per heavy atom. The van der Waals surface area contributed by atoms with Crippen molar-refractivity contribution >= 4 is 0 Å². The second-order valence-electron chi connectivity index (χ2n) is 8.78. The third-order valence-corrected chi connectivity index (χ3v) is 6.44. The Balaban J connectivity index is 1.43. The van der Waals surface area contributed by atoms with Gasteiger partial charge in [0.05, 0.1) is 6.61 Å². The molecule has 1 aliphatic heterocycles. The number of benzene rings is 2. The lowest BCUT2D eigenvalue weighted by Gasteiger charge is -2.39. The van der Waals surface area contributed by atoms with Crippen molar-refractivity contribution in [3.63, 3.8) is 0 Å². The summed E-state index contributed by atoms with van der Waals surface area (Å²) in [7, 11) is 0. The van der Waals surface area contributed by atoms with Crippen LogP contribution >= 0.6 is 0 Å². The fourth-order valence-corrected chi connectivity index (χ4v) is 4.61. The molecule has 0 aliphatic carbocycles. The maximum atomic E-state index is 14.2. The minimum absolute atomic E-state index is 0.0769. The molecule has 2 aromatic carbocycles. The minimum Gasteiger partial charge on any atom is -0.493 e. The predicted octanol–water partition coefficient (Wildman–Crippen LogP) is 5.11. The molecule has 0 spiro atoms. The highest BCUT2D eigenvalue weighted by Gasteiger charge is 2.29. The van der Waals surface area contributed by atoms with Crippen LogP contribution in [-0.2, 0) is 13.0 Å². The molecule has 168 valence electrons. The van der Waals surface area contributed by atoms with Crippen molar-refractivity contribution in [1.82, 2.24) is 9.88 Å². The van der Waals surface area contributed by atoms with Gasteiger partial charge in [-0.05, 0) is 80.0 Å². The molecule has 1 aliphatic rings. The molecule has 3 aromatic rings. The van der Waals surface area contributed by atoms with Crippen molar-refractivity contribution in [2.24, 2.45) is 5.92 Å². The molecule has 4 rings (SSSR count). The molecule has 1 fully saturated rings. The highest BCUT2D eigenvalue weighted by Crippen LogP contribution is 2.29. The number of H-pyrrole nitrogens is 1. The van der Waals surface area contributed by atoms with E-state index >= 15 is 0 Å². The zero-order chi connectivity index (χ0) is 22.3. The zero-order valence-electron chi connectivity index (χ0n) is 18.6. The Morgan fingerprint density at radius 2 is 1.94 bits per heavy atom. The Hall–Kier alpha value is -2.92. The van der Waals surface area contributed by atoms with Gasteiger partial charge in [0.2, 0.25) is 5.56 Å². The highest BCUT2D eigenvalue weighted by atomic mass is 19.1. The van der Waals surface area contributed by atoms with E-state index < -0.39 is 0 Å². The molecule has 0 amide bonds. The SMILES string of the molecule is Cc1ccccc1OCC1CCN(Cc2cc[nH]c(=O)c2)C(CCc2ccccc2F)C1. The van der Waals surface area contributed by atoms with Crippen molar-refractivity contribution in [2.75, 3.05) is 13.2 Å². The number of aromatic nitrogens is 1. The summed E-state index contributed by atoms with van der Waals surface area (Å²) in [4.78, 5) is 16.9. The van der Waals surface area contributed by atoms with Gasteiger partial charge < -0.3 is 9.72 Å². The van der Waals surface area contributed by atoms with Gasteiger partial charge >= 0.3 is 0 Å². The number of ether oxygens (including phenoxy) is 1. The molecule has 1 N–H and O–H groups in total. The quantitative estimate of drug-likeness (QED) is 0.536. The molecular formula is C27H31FN2O2. The summed E-state index contributed by atoms with van der Waals surface area (Å²) in [5.74, 6) is 1.26. The van der Waals surface area contributed by atoms with Crippen molar-refractivity contribution in [3.8, 4) is 5.75 Å². The molecule has 1 aromatic heterocycles. The van der Waals surface area contributed by atoms with Gasteiger partial charge in [-0.25, -0.2) is 4.39 Å². The normalized spacial score (nSPS) is 19.1. The molecule has 1 saturated heterocycles. The second kappa shape index (κ2) is 10.6. The average molecular weight is 435 g/mol. The Bertz CT molecular complexity index is 1080. The predicted molar refractivity (Wildman–Crippen MR) is 125 cm³/mol. The van der Waals surface area contributed by atoms with Gasteiger partial charge in [-0.1, -0.05) is 36.4 Å². The van der Waals surface area contributed by atoms with Crippen molar-refractivity contribution in [2.45, 2.75) is 45.2 Å². The zero-order valence-corrected chi connectivity index (χ0v) is 18.6. The first-order valence-electron chi connectivity index (χ1n) is 11.4. The number of pyridine rings is 1. The van der Waals surface area contributed by atoms with Crippen LogP contribution in [0.2, 0.25) is 0 Å². The van der Waals surface area contributed by atoms with E-state index in [1.165, 1.54) is 6.07 Å². The third kappa shape index (κ3) is 5.86. The fraction of sp³-hybridized carbons (Fsp3) is 0.370. The molecule has 0 radical (unpaired) electrons. The minimum atomic E-state index is -0.135. The number of halogens is 1. The Morgan fingerprint density at radius 1 is 1.12 bits per heavy atom. The van der Waals surface area contributed by atoms with Crippen molar-refractivity contribution in [3.05, 3.63) is 99.7 Å². The number of likely N-dealkylation sites (tertiary alicyclic amines) is 1. The number of hydrogen-bond donors (Lipinski definition) is 1. The summed E-state index contributed by atoms with van der Waals surface area (Å²) >= 11 is 0. The number of para-hydroxylation sites is 1. The van der Waals surface area contributed by atoms with Crippen LogP contribution in [0.4, 0.5) is 4.39 Å². The first kappa shape index (κ1) is 22.3. The molecule has 2 heterocycles. The number of aromatic amines is 1. The first-order valence-corrected chi connectivity index (χ1v) is 11.4. The van der Waals surface area contributed by atoms with E-state index in [-0.39, 0.29) is 11.4 Å². The van der Waals surface area contributed by atoms with Crippen LogP contribution in [0.3, 0.4) is 0 Å². The standard InChI is InChI=1S/C27H31FN2O2/c1-20-6-2-5-9-26(20)32-19-22-13-15-30(18-21-12-14-29-27(31)17-21)24(16-22)11-10-23-7-3-4-8-25(23)28/h2-9,12,14,17,22,24H,10-11,13,15-16,18-19H2,1H3,(H,29,31). The van der Waals surface area contributed by atoms with Crippen LogP contribution in [-0.4, -0.2) is 29.1 Å². The van der Waals surface area contributed by atoms with E-state index in [0.29, 0.717) is 25.0 Å². The molecule has 5 heteroatoms. The first-order chi connectivity index (χ1) is 15.6. The lowest BCUT2D eigenvalue weighted by molar-refractivity contribution is 0.0758. The molecule has 32 heavy (non-hydrogen) atoms. The number of rotatable bonds is 8. The number of nitrogens with zero attached hydrogens (tertiary/aromatic N) is 1. The van der Waals surface area contributed by atoms with Gasteiger partial charge in [0, 0.05) is 24.8 Å². The van der Waals surface area contributed by atoms with Gasteiger partial charge in [-0.2, -0.15) is 0 Å². The smallest absolute Gasteiger partial charge is 0.248 e. The number of nitrogens with one attached hydrogen (secondary N) is 1. The van der Waals surface area contributed by atoms with Crippen LogP contribution in [0.25, 0.3) is 0 Å². The number of hydrogen-bond acceptors (Lipinski definition) is 3. The Labute approximate surface area is 189 Å². The molecular weight excluding hydrogens is 403 g/mol. The third-order valence-electron chi connectivity index (χ3n) is 6.44. The molecule has 0 bridgehead atoms. The highest BCUT2D eigenvalue weighted by molar-refractivity contribution is 5.31. The topological polar surface area (TPSA) is 45.3 Å². The van der Waals surface area contributed by atoms with E-state index in [2.05, 4.69) is 22.9 Å². The molecule has 2 atom stereocenters. The summed E-state index contributed by atoms with van der Waals surface area (Å²) in [5.41, 5.74) is 2.85. The van der Waals surface area contributed by atoms with E-state index in [1.807, 2.05) is 36.4 Å². The summed E-state index contributed by atoms with van der Waals surface area (Å²) in [6, 6.07) is 19.1. The maximum Gasteiger partial charge on any atom is 0.248 e. The van der Waals surface area contributed by atoms with Gasteiger partial charge in [-0.15, -0.1) is 0 Å².